The fraction of sp³-hybridized carbons (Fsp3) is 0.217. The van der Waals surface area contributed by atoms with E-state index in [1.165, 1.54) is 12.1 Å². The molecule has 0 bridgehead atoms. The smallest absolute Gasteiger partial charge is 0.340 e. The first-order chi connectivity index (χ1) is 14.4. The molecule has 0 fully saturated rings. The van der Waals surface area contributed by atoms with Crippen molar-refractivity contribution >= 4 is 21.7 Å². The van der Waals surface area contributed by atoms with Crippen LogP contribution in [-0.2, 0) is 16.7 Å². The number of benzene rings is 3. The third-order valence-electron chi connectivity index (χ3n) is 4.16. The second kappa shape index (κ2) is 9.87. The molecule has 3 rings (SSSR count). The van der Waals surface area contributed by atoms with Gasteiger partial charge in [-0.05, 0) is 48.7 Å². The minimum atomic E-state index is -4.16. The average molecular weight is 447 g/mol. The van der Waals surface area contributed by atoms with Gasteiger partial charge in [-0.15, -0.1) is 0 Å². The van der Waals surface area contributed by atoms with E-state index in [0.29, 0.717) is 19.0 Å². The van der Waals surface area contributed by atoms with Crippen LogP contribution in [0.5, 0.6) is 17.2 Å². The standard InChI is InChI=1S/C23H23ClO5S/c1-3-13-27-23-20(28-16-18-9-5-4-6-10-18)14-17(2)15-21(23)29-30(25,26)22-12-8-7-11-19(22)24/h4-12,14-15H,3,13,16H2,1-2H3. The molecular weight excluding hydrogens is 424 g/mol. The van der Waals surface area contributed by atoms with Crippen LogP contribution in [0.3, 0.4) is 0 Å². The lowest BCUT2D eigenvalue weighted by molar-refractivity contribution is 0.256. The van der Waals surface area contributed by atoms with E-state index >= 15 is 0 Å². The molecule has 3 aromatic rings. The molecule has 0 saturated heterocycles. The normalized spacial score (nSPS) is 11.2. The molecule has 0 spiro atoms. The Morgan fingerprint density at radius 1 is 0.900 bits per heavy atom. The lowest BCUT2D eigenvalue weighted by atomic mass is 10.2. The summed E-state index contributed by atoms with van der Waals surface area (Å²) in [5.41, 5.74) is 1.75. The molecule has 5 nitrogen and oxygen atoms in total. The third kappa shape index (κ3) is 5.46. The largest absolute Gasteiger partial charge is 0.486 e. The molecule has 0 unspecified atom stereocenters. The van der Waals surface area contributed by atoms with E-state index in [0.717, 1.165) is 17.5 Å². The van der Waals surface area contributed by atoms with Crippen LogP contribution in [0.1, 0.15) is 24.5 Å². The number of aryl methyl sites for hydroxylation is 1. The van der Waals surface area contributed by atoms with E-state index in [1.54, 1.807) is 24.3 Å². The zero-order valence-electron chi connectivity index (χ0n) is 16.8. The molecule has 0 aliphatic heterocycles. The van der Waals surface area contributed by atoms with Crippen molar-refractivity contribution in [2.24, 2.45) is 0 Å². The highest BCUT2D eigenvalue weighted by Crippen LogP contribution is 2.41. The second-order valence-electron chi connectivity index (χ2n) is 6.68. The van der Waals surface area contributed by atoms with Crippen molar-refractivity contribution in [2.45, 2.75) is 31.8 Å². The number of hydrogen-bond donors (Lipinski definition) is 0. The Morgan fingerprint density at radius 3 is 2.27 bits per heavy atom. The molecule has 0 radical (unpaired) electrons. The Balaban J connectivity index is 1.96. The van der Waals surface area contributed by atoms with Gasteiger partial charge >= 0.3 is 10.1 Å². The average Bonchev–Trinajstić information content (AvgIpc) is 2.72. The molecular formula is C23H23ClO5S. The maximum atomic E-state index is 12.8. The topological polar surface area (TPSA) is 61.8 Å². The van der Waals surface area contributed by atoms with Crippen LogP contribution in [0.25, 0.3) is 0 Å². The molecule has 0 aliphatic carbocycles. The van der Waals surface area contributed by atoms with Crippen LogP contribution < -0.4 is 13.7 Å². The maximum absolute atomic E-state index is 12.8. The van der Waals surface area contributed by atoms with E-state index < -0.39 is 10.1 Å². The molecule has 0 atom stereocenters. The van der Waals surface area contributed by atoms with E-state index in [1.807, 2.05) is 44.2 Å². The Bertz CT molecular complexity index is 1100. The van der Waals surface area contributed by atoms with Crippen LogP contribution in [0.2, 0.25) is 5.02 Å². The Morgan fingerprint density at radius 2 is 1.57 bits per heavy atom. The first-order valence-electron chi connectivity index (χ1n) is 9.54. The predicted molar refractivity (Wildman–Crippen MR) is 117 cm³/mol. The molecule has 30 heavy (non-hydrogen) atoms. The van der Waals surface area contributed by atoms with Crippen molar-refractivity contribution in [1.29, 1.82) is 0 Å². The molecule has 0 N–H and O–H groups in total. The molecule has 0 aromatic heterocycles. The fourth-order valence-electron chi connectivity index (χ4n) is 2.77. The van der Waals surface area contributed by atoms with Gasteiger partial charge in [0.05, 0.1) is 11.6 Å². The fourth-order valence-corrected chi connectivity index (χ4v) is 4.19. The molecule has 0 saturated carbocycles. The van der Waals surface area contributed by atoms with Crippen molar-refractivity contribution in [3.05, 3.63) is 82.9 Å². The summed E-state index contributed by atoms with van der Waals surface area (Å²) < 4.78 is 42.9. The summed E-state index contributed by atoms with van der Waals surface area (Å²) in [6.07, 6.45) is 0.739. The molecule has 0 amide bonds. The molecule has 0 heterocycles. The summed E-state index contributed by atoms with van der Waals surface area (Å²) >= 11 is 6.06. The lowest BCUT2D eigenvalue weighted by Gasteiger charge is -2.18. The molecule has 3 aromatic carbocycles. The van der Waals surface area contributed by atoms with Gasteiger partial charge in [0.2, 0.25) is 5.75 Å². The Kier molecular flexibility index (Phi) is 7.24. The molecule has 7 heteroatoms. The minimum absolute atomic E-state index is 0.0615. The van der Waals surface area contributed by atoms with Gasteiger partial charge in [0.1, 0.15) is 11.5 Å². The summed E-state index contributed by atoms with van der Waals surface area (Å²) in [4.78, 5) is -0.110. The molecule has 158 valence electrons. The van der Waals surface area contributed by atoms with Crippen LogP contribution in [0, 0.1) is 6.92 Å². The van der Waals surface area contributed by atoms with Crippen molar-refractivity contribution in [3.63, 3.8) is 0 Å². The van der Waals surface area contributed by atoms with Crippen LogP contribution in [0.4, 0.5) is 0 Å². The summed E-state index contributed by atoms with van der Waals surface area (Å²) in [6.45, 7) is 4.48. The Hall–Kier alpha value is -2.70. The highest BCUT2D eigenvalue weighted by Gasteiger charge is 2.24. The monoisotopic (exact) mass is 446 g/mol. The van der Waals surface area contributed by atoms with Gasteiger partial charge in [-0.25, -0.2) is 0 Å². The van der Waals surface area contributed by atoms with E-state index in [-0.39, 0.29) is 21.4 Å². The van der Waals surface area contributed by atoms with Gasteiger partial charge in [0, 0.05) is 0 Å². The first kappa shape index (κ1) is 22.0. The second-order valence-corrected chi connectivity index (χ2v) is 8.60. The van der Waals surface area contributed by atoms with Gasteiger partial charge in [-0.2, -0.15) is 8.42 Å². The minimum Gasteiger partial charge on any atom is -0.486 e. The van der Waals surface area contributed by atoms with E-state index in [9.17, 15) is 8.42 Å². The van der Waals surface area contributed by atoms with Crippen molar-refractivity contribution in [1.82, 2.24) is 0 Å². The molecule has 0 aliphatic rings. The van der Waals surface area contributed by atoms with E-state index in [2.05, 4.69) is 0 Å². The van der Waals surface area contributed by atoms with E-state index in [4.69, 9.17) is 25.3 Å². The van der Waals surface area contributed by atoms with Crippen molar-refractivity contribution < 1.29 is 22.1 Å². The number of hydrogen-bond acceptors (Lipinski definition) is 5. The highest BCUT2D eigenvalue weighted by atomic mass is 35.5. The quantitative estimate of drug-likeness (QED) is 0.389. The zero-order chi connectivity index (χ0) is 21.6. The van der Waals surface area contributed by atoms with Crippen LogP contribution in [-0.4, -0.2) is 15.0 Å². The summed E-state index contributed by atoms with van der Waals surface area (Å²) in [6, 6.07) is 19.2. The van der Waals surface area contributed by atoms with Crippen molar-refractivity contribution in [2.75, 3.05) is 6.61 Å². The Labute approximate surface area is 182 Å². The lowest BCUT2D eigenvalue weighted by Crippen LogP contribution is -2.12. The first-order valence-corrected chi connectivity index (χ1v) is 11.3. The van der Waals surface area contributed by atoms with Gasteiger partial charge in [-0.1, -0.05) is 61.0 Å². The van der Waals surface area contributed by atoms with Crippen LogP contribution >= 0.6 is 11.6 Å². The van der Waals surface area contributed by atoms with Crippen molar-refractivity contribution in [3.8, 4) is 17.2 Å². The third-order valence-corrected chi connectivity index (χ3v) is 5.89. The summed E-state index contributed by atoms with van der Waals surface area (Å²) in [7, 11) is -4.16. The number of rotatable bonds is 9. The van der Waals surface area contributed by atoms with Gasteiger partial charge < -0.3 is 13.7 Å². The van der Waals surface area contributed by atoms with Gasteiger partial charge in [0.25, 0.3) is 0 Å². The number of ether oxygens (including phenoxy) is 2. The summed E-state index contributed by atoms with van der Waals surface area (Å²) in [5.74, 6) is 0.720. The van der Waals surface area contributed by atoms with Gasteiger partial charge in [-0.3, -0.25) is 0 Å². The SMILES string of the molecule is CCCOc1c(OCc2ccccc2)cc(C)cc1OS(=O)(=O)c1ccccc1Cl. The zero-order valence-corrected chi connectivity index (χ0v) is 18.4. The highest BCUT2D eigenvalue weighted by molar-refractivity contribution is 7.87. The number of halogens is 1. The summed E-state index contributed by atoms with van der Waals surface area (Å²) in [5, 5.41) is 0.0849. The predicted octanol–water partition coefficient (Wildman–Crippen LogP) is 5.78. The van der Waals surface area contributed by atoms with Crippen LogP contribution in [0.15, 0.2) is 71.6 Å². The van der Waals surface area contributed by atoms with Gasteiger partial charge in [0.15, 0.2) is 11.5 Å². The maximum Gasteiger partial charge on any atom is 0.340 e.